The van der Waals surface area contributed by atoms with Crippen molar-refractivity contribution in [3.63, 3.8) is 0 Å². The van der Waals surface area contributed by atoms with Crippen LogP contribution in [0.4, 0.5) is 0 Å². The van der Waals surface area contributed by atoms with Gasteiger partial charge >= 0.3 is 0 Å². The van der Waals surface area contributed by atoms with Crippen molar-refractivity contribution in [2.75, 3.05) is 6.61 Å². The lowest BCUT2D eigenvalue weighted by Gasteiger charge is -2.33. The van der Waals surface area contributed by atoms with Gasteiger partial charge in [-0.15, -0.1) is 11.3 Å². The third-order valence-corrected chi connectivity index (χ3v) is 6.78. The topological polar surface area (TPSA) is 71.8 Å². The zero-order chi connectivity index (χ0) is 23.0. The van der Waals surface area contributed by atoms with Crippen LogP contribution in [0.25, 0.3) is 0 Å². The summed E-state index contributed by atoms with van der Waals surface area (Å²) in [6.07, 6.45) is 6.91. The molecule has 2 amide bonds. The van der Waals surface area contributed by atoms with Crippen LogP contribution in [0.5, 0.6) is 5.75 Å². The van der Waals surface area contributed by atoms with Crippen LogP contribution >= 0.6 is 11.3 Å². The average molecular weight is 467 g/mol. The first kappa shape index (κ1) is 23.1. The lowest BCUT2D eigenvalue weighted by molar-refractivity contribution is -0.127. The molecule has 1 saturated carbocycles. The summed E-state index contributed by atoms with van der Waals surface area (Å²) in [6, 6.07) is 14.0. The Morgan fingerprint density at radius 1 is 1.12 bits per heavy atom. The number of ether oxygens (including phenoxy) is 1. The second-order valence-corrected chi connectivity index (χ2v) is 9.15. The van der Waals surface area contributed by atoms with E-state index in [1.807, 2.05) is 48.7 Å². The molecule has 0 spiro atoms. The summed E-state index contributed by atoms with van der Waals surface area (Å²) in [5.41, 5.74) is 0.670. The second kappa shape index (κ2) is 11.2. The molecule has 7 heteroatoms. The van der Waals surface area contributed by atoms with Crippen LogP contribution in [0.3, 0.4) is 0 Å². The zero-order valence-electron chi connectivity index (χ0n) is 18.9. The van der Waals surface area contributed by atoms with Crippen molar-refractivity contribution in [3.05, 3.63) is 76.4 Å². The van der Waals surface area contributed by atoms with Crippen LogP contribution in [0, 0.1) is 0 Å². The second-order valence-electron chi connectivity index (χ2n) is 8.21. The van der Waals surface area contributed by atoms with Crippen LogP contribution in [0.1, 0.15) is 66.1 Å². The Morgan fingerprint density at radius 2 is 1.94 bits per heavy atom. The van der Waals surface area contributed by atoms with E-state index < -0.39 is 6.04 Å². The minimum atomic E-state index is -0.852. The standard InChI is InChI=1S/C26H30N2O4S/c1-2-31-22-14-7-6-13-21(22)24(25(29)27-19-10-4-3-5-11-19)28(18-20-12-8-16-32-20)26(30)23-15-9-17-33-23/h6-9,12-17,19,24H,2-5,10-11,18H2,1H3,(H,27,29)/t24-/m0/s1. The molecule has 0 saturated heterocycles. The number of thiophene rings is 1. The lowest BCUT2D eigenvalue weighted by Crippen LogP contribution is -2.46. The Hall–Kier alpha value is -3.06. The van der Waals surface area contributed by atoms with Crippen molar-refractivity contribution in [3.8, 4) is 5.75 Å². The number of nitrogens with one attached hydrogen (secondary N) is 1. The zero-order valence-corrected chi connectivity index (χ0v) is 19.7. The van der Waals surface area contributed by atoms with Crippen molar-refractivity contribution in [1.29, 1.82) is 0 Å². The number of hydrogen-bond acceptors (Lipinski definition) is 5. The van der Waals surface area contributed by atoms with E-state index in [2.05, 4.69) is 5.32 Å². The Bertz CT molecular complexity index is 1030. The van der Waals surface area contributed by atoms with Crippen LogP contribution < -0.4 is 10.1 Å². The first-order valence-corrected chi connectivity index (χ1v) is 12.4. The highest BCUT2D eigenvalue weighted by atomic mass is 32.1. The first-order valence-electron chi connectivity index (χ1n) is 11.6. The number of rotatable bonds is 9. The highest BCUT2D eigenvalue weighted by Crippen LogP contribution is 2.33. The molecule has 6 nitrogen and oxygen atoms in total. The number of benzene rings is 1. The average Bonchev–Trinajstić information content (AvgIpc) is 3.55. The molecule has 0 radical (unpaired) electrons. The maximum absolute atomic E-state index is 13.8. The molecule has 0 unspecified atom stereocenters. The largest absolute Gasteiger partial charge is 0.494 e. The van der Waals surface area contributed by atoms with Gasteiger partial charge in [0.15, 0.2) is 0 Å². The highest BCUT2D eigenvalue weighted by Gasteiger charge is 2.36. The van der Waals surface area contributed by atoms with E-state index in [9.17, 15) is 9.59 Å². The number of hydrogen-bond donors (Lipinski definition) is 1. The number of amides is 2. The Balaban J connectivity index is 1.75. The van der Waals surface area contributed by atoms with Gasteiger partial charge in [-0.1, -0.05) is 43.5 Å². The van der Waals surface area contributed by atoms with Gasteiger partial charge in [-0.25, -0.2) is 0 Å². The summed E-state index contributed by atoms with van der Waals surface area (Å²) in [6.45, 7) is 2.54. The van der Waals surface area contributed by atoms with E-state index in [1.165, 1.54) is 17.8 Å². The smallest absolute Gasteiger partial charge is 0.265 e. The van der Waals surface area contributed by atoms with E-state index in [-0.39, 0.29) is 24.4 Å². The van der Waals surface area contributed by atoms with E-state index in [1.54, 1.807) is 23.3 Å². The van der Waals surface area contributed by atoms with Crippen LogP contribution in [0.2, 0.25) is 0 Å². The van der Waals surface area contributed by atoms with Gasteiger partial charge < -0.3 is 19.4 Å². The van der Waals surface area contributed by atoms with Gasteiger partial charge in [-0.3, -0.25) is 9.59 Å². The third-order valence-electron chi connectivity index (χ3n) is 5.92. The van der Waals surface area contributed by atoms with Crippen LogP contribution in [-0.4, -0.2) is 29.4 Å². The third kappa shape index (κ3) is 5.66. The van der Waals surface area contributed by atoms with Crippen molar-refractivity contribution >= 4 is 23.2 Å². The summed E-state index contributed by atoms with van der Waals surface area (Å²) >= 11 is 1.36. The molecule has 174 valence electrons. The first-order chi connectivity index (χ1) is 16.2. The van der Waals surface area contributed by atoms with E-state index >= 15 is 0 Å². The molecule has 1 N–H and O–H groups in total. The Labute approximate surface area is 198 Å². The molecule has 0 aliphatic heterocycles. The summed E-state index contributed by atoms with van der Waals surface area (Å²) in [4.78, 5) is 29.7. The van der Waals surface area contributed by atoms with Gasteiger partial charge in [0.05, 0.1) is 24.3 Å². The summed E-state index contributed by atoms with van der Waals surface area (Å²) < 4.78 is 11.4. The fourth-order valence-electron chi connectivity index (χ4n) is 4.36. The Kier molecular flexibility index (Phi) is 7.83. The summed E-state index contributed by atoms with van der Waals surface area (Å²) in [5, 5.41) is 5.10. The number of carbonyl (C=O) groups excluding carboxylic acids is 2. The molecule has 1 fully saturated rings. The molecule has 1 aromatic carbocycles. The quantitative estimate of drug-likeness (QED) is 0.447. The van der Waals surface area contributed by atoms with Crippen molar-refractivity contribution < 1.29 is 18.7 Å². The molecule has 2 heterocycles. The van der Waals surface area contributed by atoms with E-state index in [0.29, 0.717) is 28.6 Å². The Morgan fingerprint density at radius 3 is 2.64 bits per heavy atom. The maximum atomic E-state index is 13.8. The monoisotopic (exact) mass is 466 g/mol. The minimum Gasteiger partial charge on any atom is -0.494 e. The predicted octanol–water partition coefficient (Wildman–Crippen LogP) is 5.57. The van der Waals surface area contributed by atoms with E-state index in [0.717, 1.165) is 25.7 Å². The number of carbonyl (C=O) groups is 2. The van der Waals surface area contributed by atoms with Gasteiger partial charge in [-0.05, 0) is 49.4 Å². The van der Waals surface area contributed by atoms with Crippen molar-refractivity contribution in [1.82, 2.24) is 10.2 Å². The molecule has 33 heavy (non-hydrogen) atoms. The van der Waals surface area contributed by atoms with Crippen molar-refractivity contribution in [2.24, 2.45) is 0 Å². The van der Waals surface area contributed by atoms with Crippen LogP contribution in [0.15, 0.2) is 64.6 Å². The fraction of sp³-hybridized carbons (Fsp3) is 0.385. The molecular formula is C26H30N2O4S. The molecule has 2 aromatic heterocycles. The predicted molar refractivity (Wildman–Crippen MR) is 128 cm³/mol. The lowest BCUT2D eigenvalue weighted by atomic mass is 9.94. The number of para-hydroxylation sites is 1. The molecule has 1 aliphatic rings. The number of furan rings is 1. The molecule has 1 atom stereocenters. The molecule has 0 bridgehead atoms. The van der Waals surface area contributed by atoms with Crippen molar-refractivity contribution in [2.45, 2.75) is 57.7 Å². The van der Waals surface area contributed by atoms with Gasteiger partial charge in [0.2, 0.25) is 5.91 Å². The minimum absolute atomic E-state index is 0.121. The van der Waals surface area contributed by atoms with Gasteiger partial charge in [-0.2, -0.15) is 0 Å². The maximum Gasteiger partial charge on any atom is 0.265 e. The fourth-order valence-corrected chi connectivity index (χ4v) is 5.04. The van der Waals surface area contributed by atoms with Gasteiger partial charge in [0.25, 0.3) is 5.91 Å². The van der Waals surface area contributed by atoms with Gasteiger partial charge in [0, 0.05) is 11.6 Å². The van der Waals surface area contributed by atoms with Crippen LogP contribution in [-0.2, 0) is 11.3 Å². The SMILES string of the molecule is CCOc1ccccc1[C@@H](C(=O)NC1CCCCC1)N(Cc1ccco1)C(=O)c1cccs1. The highest BCUT2D eigenvalue weighted by molar-refractivity contribution is 7.12. The van der Waals surface area contributed by atoms with E-state index in [4.69, 9.17) is 9.15 Å². The molecular weight excluding hydrogens is 436 g/mol. The molecule has 3 aromatic rings. The molecule has 1 aliphatic carbocycles. The number of nitrogens with zero attached hydrogens (tertiary/aromatic N) is 1. The summed E-state index contributed by atoms with van der Waals surface area (Å²) in [7, 11) is 0. The summed E-state index contributed by atoms with van der Waals surface area (Å²) in [5.74, 6) is 0.818. The molecule has 4 rings (SSSR count). The van der Waals surface area contributed by atoms with Gasteiger partial charge in [0.1, 0.15) is 17.6 Å². The normalized spacial score (nSPS) is 15.1.